The summed E-state index contributed by atoms with van der Waals surface area (Å²) in [5.41, 5.74) is 0.691. The fourth-order valence-corrected chi connectivity index (χ4v) is 2.02. The molecule has 0 radical (unpaired) electrons. The first kappa shape index (κ1) is 12.9. The van der Waals surface area contributed by atoms with Crippen molar-refractivity contribution in [2.45, 2.75) is 13.0 Å². The molecule has 0 saturated carbocycles. The maximum absolute atomic E-state index is 12.3. The number of aromatic hydroxyl groups is 1. The van der Waals surface area contributed by atoms with Crippen LogP contribution in [0.1, 0.15) is 6.92 Å². The molecule has 1 aromatic carbocycles. The molecule has 1 aromatic rings. The van der Waals surface area contributed by atoms with Crippen molar-refractivity contribution in [3.63, 3.8) is 0 Å². The van der Waals surface area contributed by atoms with E-state index >= 15 is 0 Å². The van der Waals surface area contributed by atoms with Crippen LogP contribution >= 0.6 is 0 Å². The molecule has 5 heteroatoms. The van der Waals surface area contributed by atoms with Crippen molar-refractivity contribution in [2.24, 2.45) is 0 Å². The summed E-state index contributed by atoms with van der Waals surface area (Å²) in [4.78, 5) is 13.9. The molecule has 0 aromatic heterocycles. The second-order valence-corrected chi connectivity index (χ2v) is 4.17. The predicted octanol–water partition coefficient (Wildman–Crippen LogP) is 0.733. The highest BCUT2D eigenvalue weighted by Crippen LogP contribution is 2.21. The molecule has 1 unspecified atom stereocenters. The molecular weight excluding hydrogens is 232 g/mol. The molecule has 1 atom stereocenters. The molecular formula is C13H18N2O3. The van der Waals surface area contributed by atoms with E-state index in [1.807, 2.05) is 6.92 Å². The number of nitrogens with one attached hydrogen (secondary N) is 1. The van der Waals surface area contributed by atoms with Gasteiger partial charge in [0.05, 0.1) is 6.61 Å². The molecule has 5 nitrogen and oxygen atoms in total. The second kappa shape index (κ2) is 5.84. The predicted molar refractivity (Wildman–Crippen MR) is 68.7 cm³/mol. The Bertz CT molecular complexity index is 416. The van der Waals surface area contributed by atoms with Crippen LogP contribution in [-0.2, 0) is 9.53 Å². The Morgan fingerprint density at radius 1 is 1.61 bits per heavy atom. The van der Waals surface area contributed by atoms with E-state index in [0.29, 0.717) is 25.4 Å². The zero-order valence-corrected chi connectivity index (χ0v) is 10.4. The van der Waals surface area contributed by atoms with Crippen LogP contribution in [0.5, 0.6) is 5.75 Å². The van der Waals surface area contributed by atoms with Crippen molar-refractivity contribution < 1.29 is 14.6 Å². The Labute approximate surface area is 106 Å². The second-order valence-electron chi connectivity index (χ2n) is 4.17. The average molecular weight is 250 g/mol. The van der Waals surface area contributed by atoms with Gasteiger partial charge in [0.25, 0.3) is 5.91 Å². The number of hydrogen-bond donors (Lipinski definition) is 2. The minimum Gasteiger partial charge on any atom is -0.508 e. The summed E-state index contributed by atoms with van der Waals surface area (Å²) in [7, 11) is 0. The number of nitrogens with zero attached hydrogens (tertiary/aromatic N) is 1. The van der Waals surface area contributed by atoms with E-state index in [2.05, 4.69) is 5.32 Å². The fraction of sp³-hybridized carbons (Fsp3) is 0.462. The lowest BCUT2D eigenvalue weighted by Gasteiger charge is -2.29. The zero-order chi connectivity index (χ0) is 13.0. The topological polar surface area (TPSA) is 61.8 Å². The van der Waals surface area contributed by atoms with Gasteiger partial charge in [-0.25, -0.2) is 0 Å². The lowest BCUT2D eigenvalue weighted by atomic mass is 10.2. The highest BCUT2D eigenvalue weighted by Gasteiger charge is 2.26. The standard InChI is InChI=1S/C13H18N2O3/c1-2-15(10-4-3-5-11(16)8-10)13(17)12-9-14-6-7-18-12/h3-5,8,12,14,16H,2,6-7,9H2,1H3. The number of likely N-dealkylation sites (N-methyl/N-ethyl adjacent to an activating group) is 1. The Hall–Kier alpha value is -1.59. The molecule has 1 heterocycles. The molecule has 1 aliphatic rings. The number of hydrogen-bond acceptors (Lipinski definition) is 4. The normalized spacial score (nSPS) is 19.5. The molecule has 0 aliphatic carbocycles. The zero-order valence-electron chi connectivity index (χ0n) is 10.4. The van der Waals surface area contributed by atoms with Crippen LogP contribution in [0, 0.1) is 0 Å². The number of ether oxygens (including phenoxy) is 1. The average Bonchev–Trinajstić information content (AvgIpc) is 2.40. The highest BCUT2D eigenvalue weighted by atomic mass is 16.5. The van der Waals surface area contributed by atoms with E-state index < -0.39 is 6.10 Å². The maximum Gasteiger partial charge on any atom is 0.257 e. The smallest absolute Gasteiger partial charge is 0.257 e. The van der Waals surface area contributed by atoms with Crippen LogP contribution < -0.4 is 10.2 Å². The van der Waals surface area contributed by atoms with Gasteiger partial charge < -0.3 is 20.1 Å². The number of morpholine rings is 1. The van der Waals surface area contributed by atoms with Crippen molar-refractivity contribution in [3.05, 3.63) is 24.3 Å². The molecule has 1 aliphatic heterocycles. The van der Waals surface area contributed by atoms with E-state index in [-0.39, 0.29) is 11.7 Å². The maximum atomic E-state index is 12.3. The molecule has 1 saturated heterocycles. The first-order valence-corrected chi connectivity index (χ1v) is 6.15. The van der Waals surface area contributed by atoms with Gasteiger partial charge in [0.1, 0.15) is 11.9 Å². The van der Waals surface area contributed by atoms with Crippen LogP contribution in [0.4, 0.5) is 5.69 Å². The molecule has 2 N–H and O–H groups in total. The van der Waals surface area contributed by atoms with Crippen LogP contribution in [0.2, 0.25) is 0 Å². The SMILES string of the molecule is CCN(C(=O)C1CNCCO1)c1cccc(O)c1. The van der Waals surface area contributed by atoms with E-state index in [1.54, 1.807) is 29.2 Å². The minimum absolute atomic E-state index is 0.0738. The van der Waals surface area contributed by atoms with Gasteiger partial charge in [-0.15, -0.1) is 0 Å². The lowest BCUT2D eigenvalue weighted by molar-refractivity contribution is -0.131. The van der Waals surface area contributed by atoms with E-state index in [1.165, 1.54) is 0 Å². The van der Waals surface area contributed by atoms with E-state index in [0.717, 1.165) is 6.54 Å². The van der Waals surface area contributed by atoms with Crippen molar-refractivity contribution in [1.29, 1.82) is 0 Å². The summed E-state index contributed by atoms with van der Waals surface area (Å²) in [5, 5.41) is 12.6. The van der Waals surface area contributed by atoms with Crippen molar-refractivity contribution >= 4 is 11.6 Å². The quantitative estimate of drug-likeness (QED) is 0.830. The summed E-state index contributed by atoms with van der Waals surface area (Å²) in [6.45, 7) is 4.31. The van der Waals surface area contributed by atoms with Crippen molar-refractivity contribution in [3.8, 4) is 5.75 Å². The number of amides is 1. The summed E-state index contributed by atoms with van der Waals surface area (Å²) >= 11 is 0. The number of benzene rings is 1. The first-order chi connectivity index (χ1) is 8.72. The Balaban J connectivity index is 2.14. The number of rotatable bonds is 3. The molecule has 1 amide bonds. The van der Waals surface area contributed by atoms with Crippen molar-refractivity contribution in [2.75, 3.05) is 31.1 Å². The van der Waals surface area contributed by atoms with Gasteiger partial charge in [0, 0.05) is 31.4 Å². The van der Waals surface area contributed by atoms with Crippen LogP contribution in [0.3, 0.4) is 0 Å². The summed E-state index contributed by atoms with van der Waals surface area (Å²) in [6.07, 6.45) is -0.443. The van der Waals surface area contributed by atoms with Gasteiger partial charge >= 0.3 is 0 Å². The van der Waals surface area contributed by atoms with Crippen LogP contribution in [0.15, 0.2) is 24.3 Å². The summed E-state index contributed by atoms with van der Waals surface area (Å²) in [5.74, 6) is 0.0803. The van der Waals surface area contributed by atoms with E-state index in [9.17, 15) is 9.90 Å². The third kappa shape index (κ3) is 2.80. The summed E-state index contributed by atoms with van der Waals surface area (Å²) < 4.78 is 5.46. The van der Waals surface area contributed by atoms with Crippen LogP contribution in [-0.4, -0.2) is 43.4 Å². The Morgan fingerprint density at radius 2 is 2.44 bits per heavy atom. The van der Waals surface area contributed by atoms with Gasteiger partial charge in [-0.1, -0.05) is 6.07 Å². The number of phenolic OH excluding ortho intramolecular Hbond substituents is 1. The fourth-order valence-electron chi connectivity index (χ4n) is 2.02. The van der Waals surface area contributed by atoms with Gasteiger partial charge in [-0.05, 0) is 19.1 Å². The molecule has 0 spiro atoms. The highest BCUT2D eigenvalue weighted by molar-refractivity contribution is 5.96. The van der Waals surface area contributed by atoms with E-state index in [4.69, 9.17) is 4.74 Å². The van der Waals surface area contributed by atoms with Gasteiger partial charge in [-0.3, -0.25) is 4.79 Å². The number of anilines is 1. The largest absolute Gasteiger partial charge is 0.508 e. The van der Waals surface area contributed by atoms with Crippen molar-refractivity contribution in [1.82, 2.24) is 5.32 Å². The lowest BCUT2D eigenvalue weighted by Crippen LogP contribution is -2.49. The Morgan fingerprint density at radius 3 is 3.06 bits per heavy atom. The van der Waals surface area contributed by atoms with Gasteiger partial charge in [0.2, 0.25) is 0 Å². The third-order valence-corrected chi connectivity index (χ3v) is 2.93. The third-order valence-electron chi connectivity index (χ3n) is 2.93. The molecule has 0 bridgehead atoms. The number of carbonyl (C=O) groups excluding carboxylic acids is 1. The summed E-state index contributed by atoms with van der Waals surface area (Å²) in [6, 6.07) is 6.69. The minimum atomic E-state index is -0.443. The monoisotopic (exact) mass is 250 g/mol. The number of carbonyl (C=O) groups is 1. The molecule has 98 valence electrons. The molecule has 1 fully saturated rings. The first-order valence-electron chi connectivity index (χ1n) is 6.15. The van der Waals surface area contributed by atoms with Gasteiger partial charge in [-0.2, -0.15) is 0 Å². The number of phenols is 1. The molecule has 2 rings (SSSR count). The van der Waals surface area contributed by atoms with Crippen LogP contribution in [0.25, 0.3) is 0 Å². The Kier molecular flexibility index (Phi) is 4.17. The van der Waals surface area contributed by atoms with Gasteiger partial charge in [0.15, 0.2) is 0 Å². The molecule has 18 heavy (non-hydrogen) atoms.